The molecule has 0 bridgehead atoms. The first-order valence-corrected chi connectivity index (χ1v) is 7.66. The van der Waals surface area contributed by atoms with Crippen molar-refractivity contribution in [2.45, 2.75) is 37.5 Å². The van der Waals surface area contributed by atoms with E-state index in [9.17, 15) is 13.2 Å². The summed E-state index contributed by atoms with van der Waals surface area (Å²) in [5.74, 6) is 0. The molecule has 1 rings (SSSR count). The second kappa shape index (κ2) is 6.56. The first kappa shape index (κ1) is 15.5. The Morgan fingerprint density at radius 1 is 1.26 bits per heavy atom. The fraction of sp³-hybridized carbons (Fsp3) is 0.462. The summed E-state index contributed by atoms with van der Waals surface area (Å²) in [7, 11) is -3.25. The highest BCUT2D eigenvalue weighted by Gasteiger charge is 2.18. The van der Waals surface area contributed by atoms with Crippen molar-refractivity contribution in [3.63, 3.8) is 0 Å². The Morgan fingerprint density at radius 2 is 1.84 bits per heavy atom. The second-order valence-corrected chi connectivity index (χ2v) is 6.82. The Kier molecular flexibility index (Phi) is 5.35. The largest absolute Gasteiger partial charge is 0.450 e. The smallest absolute Gasteiger partial charge is 0.407 e. The molecule has 106 valence electrons. The normalized spacial score (nSPS) is 11.4. The van der Waals surface area contributed by atoms with Crippen LogP contribution in [0.4, 0.5) is 4.79 Å². The zero-order valence-electron chi connectivity index (χ0n) is 11.3. The minimum Gasteiger partial charge on any atom is -0.450 e. The van der Waals surface area contributed by atoms with Gasteiger partial charge in [-0.2, -0.15) is 0 Å². The van der Waals surface area contributed by atoms with Gasteiger partial charge in [0.25, 0.3) is 0 Å². The van der Waals surface area contributed by atoms with E-state index in [-0.39, 0.29) is 0 Å². The van der Waals surface area contributed by atoms with Crippen molar-refractivity contribution in [1.29, 1.82) is 0 Å². The number of carbonyl (C=O) groups is 1. The summed E-state index contributed by atoms with van der Waals surface area (Å²) in [6, 6.07) is 6.47. The van der Waals surface area contributed by atoms with Crippen LogP contribution in [0.25, 0.3) is 0 Å². The van der Waals surface area contributed by atoms with Gasteiger partial charge in [0, 0.05) is 6.54 Å². The minimum atomic E-state index is -3.25. The lowest BCUT2D eigenvalue weighted by molar-refractivity contribution is 0.151. The summed E-state index contributed by atoms with van der Waals surface area (Å²) < 4.78 is 28.5. The molecule has 0 aliphatic carbocycles. The summed E-state index contributed by atoms with van der Waals surface area (Å²) >= 11 is 0. The molecule has 0 aromatic heterocycles. The van der Waals surface area contributed by atoms with Gasteiger partial charge >= 0.3 is 6.09 Å². The SMILES string of the molecule is CCOC(=O)NCc1ccc(S(=O)(=O)C(C)C)cc1. The predicted octanol–water partition coefficient (Wildman–Crippen LogP) is 2.11. The van der Waals surface area contributed by atoms with Gasteiger partial charge in [-0.25, -0.2) is 13.2 Å². The molecule has 0 fully saturated rings. The Morgan fingerprint density at radius 3 is 2.32 bits per heavy atom. The van der Waals surface area contributed by atoms with E-state index < -0.39 is 21.2 Å². The van der Waals surface area contributed by atoms with E-state index in [0.717, 1.165) is 5.56 Å². The molecule has 0 aliphatic heterocycles. The van der Waals surface area contributed by atoms with Crippen LogP contribution in [0, 0.1) is 0 Å². The highest BCUT2D eigenvalue weighted by molar-refractivity contribution is 7.92. The number of nitrogens with one attached hydrogen (secondary N) is 1. The number of hydrogen-bond acceptors (Lipinski definition) is 4. The number of carbonyl (C=O) groups excluding carboxylic acids is 1. The number of alkyl carbamates (subject to hydrolysis) is 1. The van der Waals surface area contributed by atoms with E-state index in [1.54, 1.807) is 45.0 Å². The van der Waals surface area contributed by atoms with Gasteiger partial charge in [0.2, 0.25) is 0 Å². The second-order valence-electron chi connectivity index (χ2n) is 4.31. The first-order valence-electron chi connectivity index (χ1n) is 6.11. The molecule has 0 saturated heterocycles. The molecule has 0 aliphatic rings. The van der Waals surface area contributed by atoms with Gasteiger partial charge in [-0.15, -0.1) is 0 Å². The molecular weight excluding hydrogens is 266 g/mol. The predicted molar refractivity (Wildman–Crippen MR) is 72.6 cm³/mol. The number of ether oxygens (including phenoxy) is 1. The van der Waals surface area contributed by atoms with Crippen LogP contribution < -0.4 is 5.32 Å². The molecule has 1 aromatic rings. The average Bonchev–Trinajstić information content (AvgIpc) is 2.37. The summed E-state index contributed by atoms with van der Waals surface area (Å²) in [5.41, 5.74) is 0.816. The Hall–Kier alpha value is -1.56. The number of benzene rings is 1. The molecule has 0 saturated carbocycles. The lowest BCUT2D eigenvalue weighted by Gasteiger charge is -2.09. The van der Waals surface area contributed by atoms with Crippen molar-refractivity contribution in [3.8, 4) is 0 Å². The van der Waals surface area contributed by atoms with Crippen LogP contribution in [0.5, 0.6) is 0 Å². The maximum absolute atomic E-state index is 11.9. The molecule has 0 spiro atoms. The van der Waals surface area contributed by atoms with Crippen molar-refractivity contribution in [2.24, 2.45) is 0 Å². The first-order chi connectivity index (χ1) is 8.87. The number of rotatable bonds is 5. The summed E-state index contributed by atoms with van der Waals surface area (Å²) in [4.78, 5) is 11.4. The van der Waals surface area contributed by atoms with E-state index in [2.05, 4.69) is 5.32 Å². The highest BCUT2D eigenvalue weighted by Crippen LogP contribution is 2.16. The zero-order chi connectivity index (χ0) is 14.5. The standard InChI is InChI=1S/C13H19NO4S/c1-4-18-13(15)14-9-11-5-7-12(8-6-11)19(16,17)10(2)3/h5-8,10H,4,9H2,1-3H3,(H,14,15). The molecule has 0 unspecified atom stereocenters. The Labute approximate surface area is 113 Å². The molecule has 0 atom stereocenters. The quantitative estimate of drug-likeness (QED) is 0.899. The number of sulfone groups is 1. The third-order valence-corrected chi connectivity index (χ3v) is 4.76. The minimum absolute atomic E-state index is 0.294. The van der Waals surface area contributed by atoms with Gasteiger partial charge in [-0.1, -0.05) is 12.1 Å². The molecule has 1 N–H and O–H groups in total. The fourth-order valence-corrected chi connectivity index (χ4v) is 2.49. The van der Waals surface area contributed by atoms with Crippen molar-refractivity contribution in [1.82, 2.24) is 5.32 Å². The molecule has 1 aromatic carbocycles. The Balaban J connectivity index is 2.70. The monoisotopic (exact) mass is 285 g/mol. The molecular formula is C13H19NO4S. The van der Waals surface area contributed by atoms with Crippen LogP contribution in [0.15, 0.2) is 29.2 Å². The zero-order valence-corrected chi connectivity index (χ0v) is 12.2. The maximum atomic E-state index is 11.9. The van der Waals surface area contributed by atoms with Crippen LogP contribution in [0.3, 0.4) is 0 Å². The summed E-state index contributed by atoms with van der Waals surface area (Å²) in [6.07, 6.45) is -0.485. The fourth-order valence-electron chi connectivity index (χ4n) is 1.43. The third-order valence-electron chi connectivity index (χ3n) is 2.58. The van der Waals surface area contributed by atoms with E-state index in [0.29, 0.717) is 18.0 Å². The van der Waals surface area contributed by atoms with Crippen LogP contribution in [0.2, 0.25) is 0 Å². The van der Waals surface area contributed by atoms with E-state index >= 15 is 0 Å². The van der Waals surface area contributed by atoms with Crippen molar-refractivity contribution in [3.05, 3.63) is 29.8 Å². The summed E-state index contributed by atoms with van der Waals surface area (Å²) in [6.45, 7) is 5.64. The van der Waals surface area contributed by atoms with Gasteiger partial charge < -0.3 is 10.1 Å². The van der Waals surface area contributed by atoms with Crippen LogP contribution >= 0.6 is 0 Å². The number of hydrogen-bond donors (Lipinski definition) is 1. The molecule has 0 radical (unpaired) electrons. The van der Waals surface area contributed by atoms with E-state index in [4.69, 9.17) is 4.74 Å². The average molecular weight is 285 g/mol. The Bertz CT molecular complexity index is 520. The maximum Gasteiger partial charge on any atom is 0.407 e. The van der Waals surface area contributed by atoms with Gasteiger partial charge in [-0.05, 0) is 38.5 Å². The molecule has 0 heterocycles. The van der Waals surface area contributed by atoms with Crippen LogP contribution in [-0.2, 0) is 21.1 Å². The van der Waals surface area contributed by atoms with Crippen LogP contribution in [-0.4, -0.2) is 26.4 Å². The lowest BCUT2D eigenvalue weighted by atomic mass is 10.2. The van der Waals surface area contributed by atoms with Crippen molar-refractivity contribution >= 4 is 15.9 Å². The van der Waals surface area contributed by atoms with Gasteiger partial charge in [-0.3, -0.25) is 0 Å². The van der Waals surface area contributed by atoms with Gasteiger partial charge in [0.05, 0.1) is 16.8 Å². The van der Waals surface area contributed by atoms with Gasteiger partial charge in [0.1, 0.15) is 0 Å². The van der Waals surface area contributed by atoms with Gasteiger partial charge in [0.15, 0.2) is 9.84 Å². The molecule has 5 nitrogen and oxygen atoms in total. The molecule has 1 amide bonds. The summed E-state index contributed by atoms with van der Waals surface area (Å²) in [5, 5.41) is 2.12. The topological polar surface area (TPSA) is 72.5 Å². The number of amides is 1. The molecule has 6 heteroatoms. The van der Waals surface area contributed by atoms with Crippen molar-refractivity contribution in [2.75, 3.05) is 6.61 Å². The van der Waals surface area contributed by atoms with Crippen molar-refractivity contribution < 1.29 is 17.9 Å². The van der Waals surface area contributed by atoms with Crippen LogP contribution in [0.1, 0.15) is 26.3 Å². The molecule has 19 heavy (non-hydrogen) atoms. The van der Waals surface area contributed by atoms with E-state index in [1.165, 1.54) is 0 Å². The highest BCUT2D eigenvalue weighted by atomic mass is 32.2. The van der Waals surface area contributed by atoms with E-state index in [1.807, 2.05) is 0 Å². The lowest BCUT2D eigenvalue weighted by Crippen LogP contribution is -2.23. The third kappa shape index (κ3) is 4.24.